The lowest BCUT2D eigenvalue weighted by atomic mass is 10.2. The normalized spacial score (nSPS) is 10.0. The van der Waals surface area contributed by atoms with Crippen molar-refractivity contribution in [3.63, 3.8) is 0 Å². The van der Waals surface area contributed by atoms with Crippen LogP contribution >= 0.6 is 0 Å². The number of rotatable bonds is 8. The van der Waals surface area contributed by atoms with Crippen LogP contribution in [-0.2, 0) is 20.9 Å². The van der Waals surface area contributed by atoms with E-state index in [-0.39, 0.29) is 25.0 Å². The van der Waals surface area contributed by atoms with Gasteiger partial charge >= 0.3 is 0 Å². The third-order valence-corrected chi connectivity index (χ3v) is 2.98. The van der Waals surface area contributed by atoms with Crippen LogP contribution in [0.1, 0.15) is 12.5 Å². The van der Waals surface area contributed by atoms with Crippen LogP contribution in [0.4, 0.5) is 0 Å². The van der Waals surface area contributed by atoms with E-state index in [1.807, 2.05) is 31.2 Å². The summed E-state index contributed by atoms with van der Waals surface area (Å²) in [6, 6.07) is 7.46. The lowest BCUT2D eigenvalue weighted by Crippen LogP contribution is -2.41. The van der Waals surface area contributed by atoms with E-state index in [0.29, 0.717) is 13.2 Å². The molecule has 1 aromatic rings. The maximum atomic E-state index is 11.9. The fraction of sp³-hybridized carbons (Fsp3) is 0.467. The second-order valence-corrected chi connectivity index (χ2v) is 4.43. The van der Waals surface area contributed by atoms with Crippen LogP contribution in [0.5, 0.6) is 5.75 Å². The Balaban J connectivity index is 2.42. The summed E-state index contributed by atoms with van der Waals surface area (Å²) in [6.07, 6.45) is 0. The average molecular weight is 294 g/mol. The van der Waals surface area contributed by atoms with Crippen LogP contribution in [-0.4, -0.2) is 50.6 Å². The maximum absolute atomic E-state index is 11.9. The molecule has 6 heteroatoms. The van der Waals surface area contributed by atoms with Gasteiger partial charge in [-0.1, -0.05) is 12.1 Å². The lowest BCUT2D eigenvalue weighted by Gasteiger charge is -2.19. The number of carbonyl (C=O) groups is 2. The van der Waals surface area contributed by atoms with E-state index in [0.717, 1.165) is 11.3 Å². The first kappa shape index (κ1) is 17.0. The van der Waals surface area contributed by atoms with Crippen molar-refractivity contribution < 1.29 is 19.1 Å². The predicted octanol–water partition coefficient (Wildman–Crippen LogP) is 0.806. The summed E-state index contributed by atoms with van der Waals surface area (Å²) >= 11 is 0. The number of nitrogens with zero attached hydrogens (tertiary/aromatic N) is 1. The standard InChI is InChI=1S/C15H22N2O4/c1-4-17(9-14(18)16-2)15(19)11-21-10-12-6-5-7-13(8-12)20-3/h5-8H,4,9-11H2,1-3H3,(H,16,18). The molecule has 0 atom stereocenters. The summed E-state index contributed by atoms with van der Waals surface area (Å²) in [4.78, 5) is 24.7. The van der Waals surface area contributed by atoms with Crippen LogP contribution < -0.4 is 10.1 Å². The van der Waals surface area contributed by atoms with Gasteiger partial charge in [0.05, 0.1) is 20.3 Å². The Kier molecular flexibility index (Phi) is 7.25. The molecule has 6 nitrogen and oxygen atoms in total. The second kappa shape index (κ2) is 8.97. The van der Waals surface area contributed by atoms with Gasteiger partial charge in [-0.25, -0.2) is 0 Å². The van der Waals surface area contributed by atoms with E-state index in [1.165, 1.54) is 4.90 Å². The molecule has 0 aromatic heterocycles. The zero-order chi connectivity index (χ0) is 15.7. The Morgan fingerprint density at radius 2 is 2.10 bits per heavy atom. The Morgan fingerprint density at radius 3 is 2.71 bits per heavy atom. The van der Waals surface area contributed by atoms with Crippen molar-refractivity contribution in [1.29, 1.82) is 0 Å². The first-order valence-electron chi connectivity index (χ1n) is 6.79. The van der Waals surface area contributed by atoms with Crippen molar-refractivity contribution in [2.24, 2.45) is 0 Å². The van der Waals surface area contributed by atoms with E-state index >= 15 is 0 Å². The number of amides is 2. The molecule has 0 spiro atoms. The molecule has 21 heavy (non-hydrogen) atoms. The molecule has 0 radical (unpaired) electrons. The number of benzene rings is 1. The third kappa shape index (κ3) is 5.83. The number of carbonyl (C=O) groups excluding carboxylic acids is 2. The molecule has 0 saturated carbocycles. The van der Waals surface area contributed by atoms with Gasteiger partial charge in [0.15, 0.2) is 0 Å². The zero-order valence-electron chi connectivity index (χ0n) is 12.7. The minimum absolute atomic E-state index is 0.0500. The number of hydrogen-bond acceptors (Lipinski definition) is 4. The lowest BCUT2D eigenvalue weighted by molar-refractivity contribution is -0.139. The van der Waals surface area contributed by atoms with E-state index in [2.05, 4.69) is 5.32 Å². The SMILES string of the molecule is CCN(CC(=O)NC)C(=O)COCc1cccc(OC)c1. The molecule has 0 aliphatic rings. The van der Waals surface area contributed by atoms with Crippen LogP contribution in [0.2, 0.25) is 0 Å². The number of nitrogens with one attached hydrogen (secondary N) is 1. The molecule has 0 fully saturated rings. The highest BCUT2D eigenvalue weighted by molar-refractivity contribution is 5.85. The van der Waals surface area contributed by atoms with Crippen molar-refractivity contribution >= 4 is 11.8 Å². The van der Waals surface area contributed by atoms with Gasteiger partial charge in [-0.3, -0.25) is 9.59 Å². The van der Waals surface area contributed by atoms with Crippen molar-refractivity contribution in [2.75, 3.05) is 33.9 Å². The molecule has 0 bridgehead atoms. The Labute approximate surface area is 125 Å². The minimum atomic E-state index is -0.205. The van der Waals surface area contributed by atoms with Crippen molar-refractivity contribution in [3.8, 4) is 5.75 Å². The van der Waals surface area contributed by atoms with Gasteiger partial charge in [-0.2, -0.15) is 0 Å². The monoisotopic (exact) mass is 294 g/mol. The predicted molar refractivity (Wildman–Crippen MR) is 79.0 cm³/mol. The van der Waals surface area contributed by atoms with E-state index in [4.69, 9.17) is 9.47 Å². The van der Waals surface area contributed by atoms with Crippen molar-refractivity contribution in [1.82, 2.24) is 10.2 Å². The average Bonchev–Trinajstić information content (AvgIpc) is 2.52. The summed E-state index contributed by atoms with van der Waals surface area (Å²) in [5.74, 6) is 0.346. The fourth-order valence-electron chi connectivity index (χ4n) is 1.74. The summed E-state index contributed by atoms with van der Waals surface area (Å²) in [7, 11) is 3.14. The molecule has 2 amide bonds. The summed E-state index contributed by atoms with van der Waals surface area (Å²) < 4.78 is 10.5. The molecule has 0 heterocycles. The van der Waals surface area contributed by atoms with Crippen molar-refractivity contribution in [2.45, 2.75) is 13.5 Å². The molecular weight excluding hydrogens is 272 g/mol. The quantitative estimate of drug-likeness (QED) is 0.770. The second-order valence-electron chi connectivity index (χ2n) is 4.43. The first-order valence-corrected chi connectivity index (χ1v) is 6.79. The van der Waals surface area contributed by atoms with E-state index in [1.54, 1.807) is 14.2 Å². The summed E-state index contributed by atoms with van der Waals surface area (Å²) in [5.41, 5.74) is 0.927. The summed E-state index contributed by atoms with van der Waals surface area (Å²) in [5, 5.41) is 2.49. The van der Waals surface area contributed by atoms with Crippen molar-refractivity contribution in [3.05, 3.63) is 29.8 Å². The molecule has 0 unspecified atom stereocenters. The maximum Gasteiger partial charge on any atom is 0.249 e. The molecule has 1 rings (SSSR count). The van der Waals surface area contributed by atoms with Gasteiger partial charge in [-0.15, -0.1) is 0 Å². The number of hydrogen-bond donors (Lipinski definition) is 1. The van der Waals surface area contributed by atoms with Gasteiger partial charge in [0.2, 0.25) is 11.8 Å². The van der Waals surface area contributed by atoms with Gasteiger partial charge in [0, 0.05) is 13.6 Å². The zero-order valence-corrected chi connectivity index (χ0v) is 12.7. The number of methoxy groups -OCH3 is 1. The topological polar surface area (TPSA) is 67.9 Å². The number of ether oxygens (including phenoxy) is 2. The Hall–Kier alpha value is -2.08. The smallest absolute Gasteiger partial charge is 0.249 e. The van der Waals surface area contributed by atoms with Crippen LogP contribution in [0.15, 0.2) is 24.3 Å². The molecule has 0 saturated heterocycles. The highest BCUT2D eigenvalue weighted by Gasteiger charge is 2.14. The molecule has 1 N–H and O–H groups in total. The Bertz CT molecular complexity index is 476. The van der Waals surface area contributed by atoms with Gasteiger partial charge in [0.25, 0.3) is 0 Å². The fourth-order valence-corrected chi connectivity index (χ4v) is 1.74. The molecule has 116 valence electrons. The van der Waals surface area contributed by atoms with E-state index in [9.17, 15) is 9.59 Å². The minimum Gasteiger partial charge on any atom is -0.497 e. The van der Waals surface area contributed by atoms with Crippen LogP contribution in [0.3, 0.4) is 0 Å². The largest absolute Gasteiger partial charge is 0.497 e. The molecular formula is C15H22N2O4. The summed E-state index contributed by atoms with van der Waals surface area (Å²) in [6.45, 7) is 2.61. The Morgan fingerprint density at radius 1 is 1.33 bits per heavy atom. The van der Waals surface area contributed by atoms with Gasteiger partial charge in [-0.05, 0) is 24.6 Å². The van der Waals surface area contributed by atoms with Gasteiger partial charge < -0.3 is 19.7 Å². The highest BCUT2D eigenvalue weighted by atomic mass is 16.5. The van der Waals surface area contributed by atoms with E-state index < -0.39 is 0 Å². The third-order valence-electron chi connectivity index (χ3n) is 2.98. The van der Waals surface area contributed by atoms with Gasteiger partial charge in [0.1, 0.15) is 12.4 Å². The van der Waals surface area contributed by atoms with Crippen LogP contribution in [0.25, 0.3) is 0 Å². The molecule has 0 aliphatic heterocycles. The molecule has 1 aromatic carbocycles. The highest BCUT2D eigenvalue weighted by Crippen LogP contribution is 2.13. The number of likely N-dealkylation sites (N-methyl/N-ethyl adjacent to an activating group) is 2. The van der Waals surface area contributed by atoms with Crippen LogP contribution in [0, 0.1) is 0 Å². The molecule has 0 aliphatic carbocycles. The first-order chi connectivity index (χ1) is 10.1.